The third-order valence-corrected chi connectivity index (χ3v) is 4.22. The summed E-state index contributed by atoms with van der Waals surface area (Å²) in [4.78, 5) is 18.6. The molecule has 120 valence electrons. The van der Waals surface area contributed by atoms with Crippen molar-refractivity contribution in [3.63, 3.8) is 0 Å². The van der Waals surface area contributed by atoms with Crippen LogP contribution in [-0.2, 0) is 0 Å². The summed E-state index contributed by atoms with van der Waals surface area (Å²) in [5, 5.41) is 0.584. The Morgan fingerprint density at radius 2 is 2.04 bits per heavy atom. The molecule has 2 aromatic rings. The SMILES string of the molecule is Cc1ccc(OC2CCN(C(=O)c3cccc(Cl)c3)CC2)cn1. The molecule has 1 saturated heterocycles. The number of benzene rings is 1. The quantitative estimate of drug-likeness (QED) is 0.861. The first kappa shape index (κ1) is 15.8. The Morgan fingerprint density at radius 3 is 2.70 bits per heavy atom. The molecule has 1 aliphatic heterocycles. The van der Waals surface area contributed by atoms with Crippen molar-refractivity contribution in [2.24, 2.45) is 0 Å². The van der Waals surface area contributed by atoms with Gasteiger partial charge in [-0.25, -0.2) is 0 Å². The van der Waals surface area contributed by atoms with Crippen LogP contribution in [0.3, 0.4) is 0 Å². The van der Waals surface area contributed by atoms with Crippen molar-refractivity contribution in [3.8, 4) is 5.75 Å². The topological polar surface area (TPSA) is 42.4 Å². The highest BCUT2D eigenvalue weighted by Gasteiger charge is 2.24. The average molecular weight is 331 g/mol. The van der Waals surface area contributed by atoms with Gasteiger partial charge in [0.25, 0.3) is 5.91 Å². The third-order valence-electron chi connectivity index (χ3n) is 3.99. The van der Waals surface area contributed by atoms with Crippen LogP contribution in [0.4, 0.5) is 0 Å². The van der Waals surface area contributed by atoms with Crippen LogP contribution >= 0.6 is 11.6 Å². The lowest BCUT2D eigenvalue weighted by Crippen LogP contribution is -2.41. The van der Waals surface area contributed by atoms with E-state index < -0.39 is 0 Å². The molecule has 3 rings (SSSR count). The van der Waals surface area contributed by atoms with Gasteiger partial charge in [0.2, 0.25) is 0 Å². The highest BCUT2D eigenvalue weighted by molar-refractivity contribution is 6.30. The van der Waals surface area contributed by atoms with E-state index in [4.69, 9.17) is 16.3 Å². The monoisotopic (exact) mass is 330 g/mol. The number of carbonyl (C=O) groups excluding carboxylic acids is 1. The van der Waals surface area contributed by atoms with E-state index in [-0.39, 0.29) is 12.0 Å². The number of nitrogens with zero attached hydrogens (tertiary/aromatic N) is 2. The van der Waals surface area contributed by atoms with Gasteiger partial charge in [0.15, 0.2) is 0 Å². The van der Waals surface area contributed by atoms with Gasteiger partial charge in [-0.15, -0.1) is 0 Å². The Labute approximate surface area is 141 Å². The second kappa shape index (κ2) is 7.01. The van der Waals surface area contributed by atoms with E-state index in [0.717, 1.165) is 24.3 Å². The van der Waals surface area contributed by atoms with E-state index in [2.05, 4.69) is 4.98 Å². The number of aryl methyl sites for hydroxylation is 1. The van der Waals surface area contributed by atoms with Crippen LogP contribution in [0, 0.1) is 6.92 Å². The van der Waals surface area contributed by atoms with Crippen molar-refractivity contribution >= 4 is 17.5 Å². The van der Waals surface area contributed by atoms with E-state index in [1.165, 1.54) is 0 Å². The van der Waals surface area contributed by atoms with E-state index in [1.54, 1.807) is 30.5 Å². The number of pyridine rings is 1. The van der Waals surface area contributed by atoms with Crippen LogP contribution < -0.4 is 4.74 Å². The summed E-state index contributed by atoms with van der Waals surface area (Å²) in [6, 6.07) is 11.0. The van der Waals surface area contributed by atoms with Gasteiger partial charge < -0.3 is 9.64 Å². The summed E-state index contributed by atoms with van der Waals surface area (Å²) in [5.41, 5.74) is 1.61. The highest BCUT2D eigenvalue weighted by atomic mass is 35.5. The molecule has 1 amide bonds. The van der Waals surface area contributed by atoms with Gasteiger partial charge in [-0.3, -0.25) is 9.78 Å². The van der Waals surface area contributed by atoms with Crippen molar-refractivity contribution in [1.29, 1.82) is 0 Å². The Balaban J connectivity index is 1.55. The molecule has 0 N–H and O–H groups in total. The number of likely N-dealkylation sites (tertiary alicyclic amines) is 1. The zero-order valence-corrected chi connectivity index (χ0v) is 13.8. The molecule has 1 aliphatic rings. The molecular weight excluding hydrogens is 312 g/mol. The van der Waals surface area contributed by atoms with Crippen LogP contribution in [0.5, 0.6) is 5.75 Å². The summed E-state index contributed by atoms with van der Waals surface area (Å²) in [6.45, 7) is 3.33. The van der Waals surface area contributed by atoms with E-state index in [9.17, 15) is 4.79 Å². The van der Waals surface area contributed by atoms with E-state index in [0.29, 0.717) is 23.7 Å². The minimum Gasteiger partial charge on any atom is -0.489 e. The number of amides is 1. The van der Waals surface area contributed by atoms with Gasteiger partial charge in [-0.1, -0.05) is 17.7 Å². The molecule has 23 heavy (non-hydrogen) atoms. The molecule has 0 bridgehead atoms. The third kappa shape index (κ3) is 4.02. The van der Waals surface area contributed by atoms with Crippen molar-refractivity contribution in [3.05, 3.63) is 58.9 Å². The Hall–Kier alpha value is -2.07. The first-order chi connectivity index (χ1) is 11.1. The van der Waals surface area contributed by atoms with Gasteiger partial charge in [0.1, 0.15) is 11.9 Å². The lowest BCUT2D eigenvalue weighted by Gasteiger charge is -2.32. The smallest absolute Gasteiger partial charge is 0.253 e. The molecule has 0 atom stereocenters. The molecule has 4 nitrogen and oxygen atoms in total. The second-order valence-corrected chi connectivity index (χ2v) is 6.19. The Bertz CT molecular complexity index is 680. The lowest BCUT2D eigenvalue weighted by atomic mass is 10.1. The number of rotatable bonds is 3. The van der Waals surface area contributed by atoms with Gasteiger partial charge in [-0.2, -0.15) is 0 Å². The van der Waals surface area contributed by atoms with Crippen LogP contribution in [0.15, 0.2) is 42.6 Å². The number of piperidine rings is 1. The first-order valence-corrected chi connectivity index (χ1v) is 8.14. The Morgan fingerprint density at radius 1 is 1.26 bits per heavy atom. The van der Waals surface area contributed by atoms with E-state index in [1.807, 2.05) is 24.0 Å². The molecule has 1 fully saturated rings. The number of aromatic nitrogens is 1. The maximum absolute atomic E-state index is 12.5. The van der Waals surface area contributed by atoms with Gasteiger partial charge in [0, 0.05) is 42.2 Å². The molecule has 1 aromatic carbocycles. The molecular formula is C18H19ClN2O2. The summed E-state index contributed by atoms with van der Waals surface area (Å²) in [7, 11) is 0. The average Bonchev–Trinajstić information content (AvgIpc) is 2.57. The van der Waals surface area contributed by atoms with Gasteiger partial charge >= 0.3 is 0 Å². The van der Waals surface area contributed by atoms with Crippen LogP contribution in [0.25, 0.3) is 0 Å². The molecule has 2 heterocycles. The molecule has 0 spiro atoms. The number of halogens is 1. The Kier molecular flexibility index (Phi) is 4.82. The van der Waals surface area contributed by atoms with Gasteiger partial charge in [0.05, 0.1) is 6.20 Å². The predicted molar refractivity (Wildman–Crippen MR) is 90.0 cm³/mol. The maximum atomic E-state index is 12.5. The van der Waals surface area contributed by atoms with Crippen LogP contribution in [0.2, 0.25) is 5.02 Å². The second-order valence-electron chi connectivity index (χ2n) is 5.76. The lowest BCUT2D eigenvalue weighted by molar-refractivity contribution is 0.0595. The molecule has 5 heteroatoms. The van der Waals surface area contributed by atoms with Gasteiger partial charge in [-0.05, 0) is 37.3 Å². The van der Waals surface area contributed by atoms with Crippen molar-refractivity contribution in [1.82, 2.24) is 9.88 Å². The van der Waals surface area contributed by atoms with Crippen molar-refractivity contribution in [2.75, 3.05) is 13.1 Å². The fourth-order valence-corrected chi connectivity index (χ4v) is 2.89. The fourth-order valence-electron chi connectivity index (χ4n) is 2.70. The number of carbonyl (C=O) groups is 1. The standard InChI is InChI=1S/C18H19ClN2O2/c1-13-5-6-17(12-20-13)23-16-7-9-21(10-8-16)18(22)14-3-2-4-15(19)11-14/h2-6,11-12,16H,7-10H2,1H3. The number of ether oxygens (including phenoxy) is 1. The first-order valence-electron chi connectivity index (χ1n) is 7.76. The van der Waals surface area contributed by atoms with Crippen molar-refractivity contribution in [2.45, 2.75) is 25.9 Å². The number of hydrogen-bond acceptors (Lipinski definition) is 3. The minimum atomic E-state index is 0.0305. The van der Waals surface area contributed by atoms with Crippen LogP contribution in [0.1, 0.15) is 28.9 Å². The zero-order valence-electron chi connectivity index (χ0n) is 13.0. The van der Waals surface area contributed by atoms with E-state index >= 15 is 0 Å². The predicted octanol–water partition coefficient (Wildman–Crippen LogP) is 3.73. The normalized spacial score (nSPS) is 15.5. The molecule has 0 radical (unpaired) electrons. The highest BCUT2D eigenvalue weighted by Crippen LogP contribution is 2.20. The largest absolute Gasteiger partial charge is 0.489 e. The molecule has 0 saturated carbocycles. The number of hydrogen-bond donors (Lipinski definition) is 0. The summed E-state index contributed by atoms with van der Waals surface area (Å²) in [6.07, 6.45) is 3.52. The molecule has 0 aliphatic carbocycles. The summed E-state index contributed by atoms with van der Waals surface area (Å²) < 4.78 is 5.94. The van der Waals surface area contributed by atoms with Crippen LogP contribution in [-0.4, -0.2) is 35.0 Å². The molecule has 1 aromatic heterocycles. The maximum Gasteiger partial charge on any atom is 0.253 e. The van der Waals surface area contributed by atoms with Crippen molar-refractivity contribution < 1.29 is 9.53 Å². The fraction of sp³-hybridized carbons (Fsp3) is 0.333. The minimum absolute atomic E-state index is 0.0305. The molecule has 0 unspecified atom stereocenters. The summed E-state index contributed by atoms with van der Waals surface area (Å²) in [5.74, 6) is 0.818. The zero-order chi connectivity index (χ0) is 16.2. The summed E-state index contributed by atoms with van der Waals surface area (Å²) >= 11 is 5.96.